The van der Waals surface area contributed by atoms with Crippen molar-refractivity contribution in [2.75, 3.05) is 13.1 Å². The quantitative estimate of drug-likeness (QED) is 0.539. The molecule has 1 unspecified atom stereocenters. The predicted molar refractivity (Wildman–Crippen MR) is 105 cm³/mol. The molecule has 0 aromatic heterocycles. The molecule has 0 radical (unpaired) electrons. The van der Waals surface area contributed by atoms with E-state index >= 15 is 0 Å². The zero-order valence-corrected chi connectivity index (χ0v) is 15.8. The van der Waals surface area contributed by atoms with E-state index < -0.39 is 0 Å². The molecular formula is C23H35N. The predicted octanol–water partition coefficient (Wildman–Crippen LogP) is 5.89. The highest BCUT2D eigenvalue weighted by molar-refractivity contribution is 5.35. The number of hydrogen-bond acceptors (Lipinski definition) is 1. The first-order valence-electron chi connectivity index (χ1n) is 10.2. The first-order valence-corrected chi connectivity index (χ1v) is 10.2. The van der Waals surface area contributed by atoms with Crippen LogP contribution < -0.4 is 0 Å². The number of hydrogen-bond donors (Lipinski definition) is 0. The third kappa shape index (κ3) is 6.33. The molecule has 1 aromatic rings. The third-order valence-electron chi connectivity index (χ3n) is 5.23. The zero-order valence-electron chi connectivity index (χ0n) is 15.8. The van der Waals surface area contributed by atoms with Gasteiger partial charge in [0.2, 0.25) is 0 Å². The fourth-order valence-electron chi connectivity index (χ4n) is 3.75. The molecule has 0 N–H and O–H groups in total. The van der Waals surface area contributed by atoms with Crippen LogP contribution in [0.1, 0.15) is 77.2 Å². The van der Waals surface area contributed by atoms with Crippen LogP contribution >= 0.6 is 0 Å². The van der Waals surface area contributed by atoms with E-state index in [0.29, 0.717) is 6.04 Å². The van der Waals surface area contributed by atoms with Crippen LogP contribution in [0, 0.1) is 17.8 Å². The summed E-state index contributed by atoms with van der Waals surface area (Å²) in [6.45, 7) is 7.01. The Morgan fingerprint density at radius 1 is 0.958 bits per heavy atom. The maximum atomic E-state index is 3.70. The summed E-state index contributed by atoms with van der Waals surface area (Å²) in [4.78, 5) is 2.71. The number of unbranched alkanes of at least 4 members (excludes halogenated alkanes) is 2. The Morgan fingerprint density at radius 2 is 1.58 bits per heavy atom. The van der Waals surface area contributed by atoms with Gasteiger partial charge in [-0.2, -0.15) is 0 Å². The Balaban J connectivity index is 2.17. The fourth-order valence-corrected chi connectivity index (χ4v) is 3.75. The maximum absolute atomic E-state index is 3.70. The van der Waals surface area contributed by atoms with E-state index in [4.69, 9.17) is 0 Å². The van der Waals surface area contributed by atoms with Crippen molar-refractivity contribution in [1.29, 1.82) is 0 Å². The van der Waals surface area contributed by atoms with Gasteiger partial charge in [-0.25, -0.2) is 0 Å². The normalized spacial score (nSPS) is 16.6. The molecule has 1 aliphatic rings. The van der Waals surface area contributed by atoms with Crippen LogP contribution in [-0.4, -0.2) is 24.0 Å². The Morgan fingerprint density at radius 3 is 2.17 bits per heavy atom. The molecule has 24 heavy (non-hydrogen) atoms. The van der Waals surface area contributed by atoms with Crippen LogP contribution in [0.25, 0.3) is 0 Å². The Labute approximate surface area is 149 Å². The van der Waals surface area contributed by atoms with Crippen molar-refractivity contribution in [3.63, 3.8) is 0 Å². The monoisotopic (exact) mass is 325 g/mol. The lowest BCUT2D eigenvalue weighted by Gasteiger charge is -2.36. The minimum absolute atomic E-state index is 0.448. The van der Waals surface area contributed by atoms with Gasteiger partial charge in [-0.15, -0.1) is 0 Å². The van der Waals surface area contributed by atoms with Gasteiger partial charge in [-0.3, -0.25) is 4.90 Å². The number of rotatable bonds is 8. The smallest absolute Gasteiger partial charge is 0.0746 e. The van der Waals surface area contributed by atoms with E-state index in [2.05, 4.69) is 60.9 Å². The Hall–Kier alpha value is -1.26. The highest BCUT2D eigenvalue weighted by atomic mass is 15.1. The van der Waals surface area contributed by atoms with Gasteiger partial charge >= 0.3 is 0 Å². The van der Waals surface area contributed by atoms with Crippen molar-refractivity contribution < 1.29 is 0 Å². The summed E-state index contributed by atoms with van der Waals surface area (Å²) >= 11 is 0. The van der Waals surface area contributed by atoms with Crippen molar-refractivity contribution >= 4 is 0 Å². The van der Waals surface area contributed by atoms with Crippen molar-refractivity contribution in [3.8, 4) is 11.8 Å². The molecule has 0 saturated heterocycles. The molecular weight excluding hydrogens is 290 g/mol. The van der Waals surface area contributed by atoms with Gasteiger partial charge in [0, 0.05) is 5.56 Å². The lowest BCUT2D eigenvalue weighted by atomic mass is 9.83. The molecule has 1 heteroatoms. The highest BCUT2D eigenvalue weighted by Gasteiger charge is 2.26. The second kappa shape index (κ2) is 11.3. The van der Waals surface area contributed by atoms with E-state index in [0.717, 1.165) is 11.5 Å². The van der Waals surface area contributed by atoms with Crippen molar-refractivity contribution in [1.82, 2.24) is 4.90 Å². The van der Waals surface area contributed by atoms with E-state index in [1.54, 1.807) is 0 Å². The Bertz CT molecular complexity index is 482. The van der Waals surface area contributed by atoms with Gasteiger partial charge in [0.25, 0.3) is 0 Å². The maximum Gasteiger partial charge on any atom is 0.0746 e. The largest absolute Gasteiger partial charge is 0.290 e. The van der Waals surface area contributed by atoms with E-state index in [9.17, 15) is 0 Å². The molecule has 0 spiro atoms. The van der Waals surface area contributed by atoms with Gasteiger partial charge in [-0.05, 0) is 56.8 Å². The summed E-state index contributed by atoms with van der Waals surface area (Å²) < 4.78 is 0. The minimum atomic E-state index is 0.448. The first kappa shape index (κ1) is 19.1. The minimum Gasteiger partial charge on any atom is -0.290 e. The summed E-state index contributed by atoms with van der Waals surface area (Å²) in [5, 5.41) is 0. The third-order valence-corrected chi connectivity index (χ3v) is 5.23. The number of nitrogens with zero attached hydrogens (tertiary/aromatic N) is 1. The van der Waals surface area contributed by atoms with Gasteiger partial charge in [-0.1, -0.05) is 76.0 Å². The summed E-state index contributed by atoms with van der Waals surface area (Å²) in [6, 6.07) is 11.0. The van der Waals surface area contributed by atoms with Crippen LogP contribution in [0.3, 0.4) is 0 Å². The number of benzene rings is 1. The van der Waals surface area contributed by atoms with Gasteiger partial charge in [0.05, 0.1) is 6.04 Å². The van der Waals surface area contributed by atoms with Crippen LogP contribution in [0.2, 0.25) is 0 Å². The van der Waals surface area contributed by atoms with Crippen LogP contribution in [0.4, 0.5) is 0 Å². The molecule has 2 rings (SSSR count). The van der Waals surface area contributed by atoms with Crippen molar-refractivity contribution in [2.45, 2.75) is 77.7 Å². The van der Waals surface area contributed by atoms with Gasteiger partial charge < -0.3 is 0 Å². The van der Waals surface area contributed by atoms with E-state index in [1.165, 1.54) is 70.9 Å². The molecule has 1 fully saturated rings. The molecule has 1 nitrogen and oxygen atoms in total. The second-order valence-electron chi connectivity index (χ2n) is 7.22. The molecule has 132 valence electrons. The molecule has 1 aromatic carbocycles. The van der Waals surface area contributed by atoms with E-state index in [-0.39, 0.29) is 0 Å². The molecule has 0 heterocycles. The standard InChI is InChI=1S/C23H35N/c1-3-5-19-24(20-6-4-2)23(22-15-11-8-12-16-22)18-17-21-13-9-7-10-14-21/h7,9-10,13-14,22-23H,3-6,8,11-12,15-16,19-20H2,1-2H3. The first-order chi connectivity index (χ1) is 11.8. The summed E-state index contributed by atoms with van der Waals surface area (Å²) in [6.07, 6.45) is 12.1. The van der Waals surface area contributed by atoms with Crippen molar-refractivity contribution in [3.05, 3.63) is 35.9 Å². The van der Waals surface area contributed by atoms with Crippen LogP contribution in [0.15, 0.2) is 30.3 Å². The second-order valence-corrected chi connectivity index (χ2v) is 7.22. The summed E-state index contributed by atoms with van der Waals surface area (Å²) in [5.74, 6) is 7.95. The fraction of sp³-hybridized carbons (Fsp3) is 0.652. The topological polar surface area (TPSA) is 3.24 Å². The average Bonchev–Trinajstić information content (AvgIpc) is 2.65. The molecule has 0 amide bonds. The lowest BCUT2D eigenvalue weighted by Crippen LogP contribution is -2.41. The average molecular weight is 326 g/mol. The van der Waals surface area contributed by atoms with Gasteiger partial charge in [0.1, 0.15) is 0 Å². The van der Waals surface area contributed by atoms with E-state index in [1.807, 2.05) is 0 Å². The molecule has 1 saturated carbocycles. The lowest BCUT2D eigenvalue weighted by molar-refractivity contribution is 0.151. The molecule has 1 aliphatic carbocycles. The van der Waals surface area contributed by atoms with Crippen LogP contribution in [-0.2, 0) is 0 Å². The summed E-state index contributed by atoms with van der Waals surface area (Å²) in [7, 11) is 0. The van der Waals surface area contributed by atoms with Gasteiger partial charge in [0.15, 0.2) is 0 Å². The Kier molecular flexibility index (Phi) is 9.00. The molecule has 0 bridgehead atoms. The molecule has 1 atom stereocenters. The highest BCUT2D eigenvalue weighted by Crippen LogP contribution is 2.29. The molecule has 0 aliphatic heterocycles. The van der Waals surface area contributed by atoms with Crippen LogP contribution in [0.5, 0.6) is 0 Å². The zero-order chi connectivity index (χ0) is 17.0. The summed E-state index contributed by atoms with van der Waals surface area (Å²) in [5.41, 5.74) is 1.16. The van der Waals surface area contributed by atoms with Crippen molar-refractivity contribution in [2.24, 2.45) is 5.92 Å². The SMILES string of the molecule is CCCCN(CCCC)C(C#Cc1ccccc1)C1CCCCC1.